The maximum absolute atomic E-state index is 13.0. The first-order valence-electron chi connectivity index (χ1n) is 5.68. The molecule has 1 N–H and O–H groups in total. The van der Waals surface area contributed by atoms with E-state index in [0.717, 1.165) is 6.07 Å². The second kappa shape index (κ2) is 5.13. The third kappa shape index (κ3) is 2.57. The van der Waals surface area contributed by atoms with Gasteiger partial charge in [-0.1, -0.05) is 11.6 Å². The van der Waals surface area contributed by atoms with Gasteiger partial charge in [0.15, 0.2) is 0 Å². The molecule has 2 unspecified atom stereocenters. The van der Waals surface area contributed by atoms with Gasteiger partial charge < -0.3 is 10.1 Å². The molecule has 19 heavy (non-hydrogen) atoms. The molecule has 106 valence electrons. The van der Waals surface area contributed by atoms with Crippen molar-refractivity contribution in [2.75, 3.05) is 13.1 Å². The molecule has 1 aromatic rings. The topological polar surface area (TPSA) is 21.3 Å². The van der Waals surface area contributed by atoms with Crippen LogP contribution in [0.5, 0.6) is 0 Å². The van der Waals surface area contributed by atoms with Gasteiger partial charge in [0, 0.05) is 24.0 Å². The Labute approximate surface area is 119 Å². The highest BCUT2D eigenvalue weighted by Crippen LogP contribution is 2.42. The zero-order valence-electron chi connectivity index (χ0n) is 9.76. The summed E-state index contributed by atoms with van der Waals surface area (Å²) in [5.41, 5.74) is 0.239. The molecule has 0 radical (unpaired) electrons. The van der Waals surface area contributed by atoms with Crippen molar-refractivity contribution < 1.29 is 17.9 Å². The third-order valence-corrected chi connectivity index (χ3v) is 3.77. The summed E-state index contributed by atoms with van der Waals surface area (Å²) in [5, 5.41) is 3.27. The summed E-state index contributed by atoms with van der Waals surface area (Å²) in [6.45, 7) is 1.32. The van der Waals surface area contributed by atoms with Gasteiger partial charge in [0.25, 0.3) is 0 Å². The average molecular weight is 314 g/mol. The zero-order valence-corrected chi connectivity index (χ0v) is 11.3. The molecule has 7 heteroatoms. The Hall–Kier alpha value is -0.490. The normalized spacial score (nSPS) is 25.5. The number of benzene rings is 1. The van der Waals surface area contributed by atoms with Crippen molar-refractivity contribution in [1.82, 2.24) is 5.32 Å². The standard InChI is InChI=1S/C12H11ClF3NO.ClH/c13-6-1-7-8-3-17-4-11(8)18-5-9(7)10(2-6)12(14,15)16;/h1-2,8,11,17H,3-5H2;1H. The second-order valence-electron chi connectivity index (χ2n) is 4.63. The van der Waals surface area contributed by atoms with E-state index in [9.17, 15) is 13.2 Å². The number of hydrogen-bond donors (Lipinski definition) is 1. The van der Waals surface area contributed by atoms with Gasteiger partial charge in [0.05, 0.1) is 18.3 Å². The largest absolute Gasteiger partial charge is 0.416 e. The summed E-state index contributed by atoms with van der Waals surface area (Å²) in [4.78, 5) is 0. The van der Waals surface area contributed by atoms with Gasteiger partial charge in [-0.05, 0) is 23.3 Å². The van der Waals surface area contributed by atoms with Gasteiger partial charge in [-0.25, -0.2) is 0 Å². The first kappa shape index (κ1) is 14.9. The van der Waals surface area contributed by atoms with Gasteiger partial charge in [0.1, 0.15) is 0 Å². The van der Waals surface area contributed by atoms with Crippen LogP contribution >= 0.6 is 24.0 Å². The number of halogens is 5. The van der Waals surface area contributed by atoms with Crippen molar-refractivity contribution in [2.24, 2.45) is 0 Å². The van der Waals surface area contributed by atoms with E-state index in [0.29, 0.717) is 18.7 Å². The monoisotopic (exact) mass is 313 g/mol. The van der Waals surface area contributed by atoms with Crippen LogP contribution < -0.4 is 5.32 Å². The van der Waals surface area contributed by atoms with Crippen molar-refractivity contribution in [3.05, 3.63) is 33.8 Å². The summed E-state index contributed by atoms with van der Waals surface area (Å²) in [6.07, 6.45) is -4.44. The minimum absolute atomic E-state index is 0. The SMILES string of the molecule is Cl.FC(F)(F)c1cc(Cl)cc2c1COC1CNCC21. The van der Waals surface area contributed by atoms with E-state index >= 15 is 0 Å². The van der Waals surface area contributed by atoms with Crippen molar-refractivity contribution in [3.63, 3.8) is 0 Å². The number of nitrogens with one attached hydrogen (secondary N) is 1. The molecule has 0 saturated carbocycles. The Morgan fingerprint density at radius 1 is 1.26 bits per heavy atom. The molecule has 2 aliphatic heterocycles. The average Bonchev–Trinajstić information content (AvgIpc) is 2.74. The number of alkyl halides is 3. The molecule has 0 bridgehead atoms. The van der Waals surface area contributed by atoms with Crippen LogP contribution in [0.4, 0.5) is 13.2 Å². The van der Waals surface area contributed by atoms with E-state index in [-0.39, 0.29) is 41.6 Å². The van der Waals surface area contributed by atoms with Gasteiger partial charge in [0.2, 0.25) is 0 Å². The summed E-state index contributed by atoms with van der Waals surface area (Å²) < 4.78 is 44.4. The van der Waals surface area contributed by atoms with Crippen molar-refractivity contribution in [1.29, 1.82) is 0 Å². The molecule has 2 heterocycles. The summed E-state index contributed by atoms with van der Waals surface area (Å²) >= 11 is 5.82. The molecule has 2 nitrogen and oxygen atoms in total. The Morgan fingerprint density at radius 2 is 2.00 bits per heavy atom. The maximum Gasteiger partial charge on any atom is 0.416 e. The van der Waals surface area contributed by atoms with Crippen LogP contribution in [-0.2, 0) is 17.5 Å². The lowest BCUT2D eigenvalue weighted by atomic mass is 9.87. The molecule has 3 rings (SSSR count). The van der Waals surface area contributed by atoms with Gasteiger partial charge in [-0.15, -0.1) is 12.4 Å². The van der Waals surface area contributed by atoms with Gasteiger partial charge in [-0.2, -0.15) is 13.2 Å². The van der Waals surface area contributed by atoms with Crippen molar-refractivity contribution >= 4 is 24.0 Å². The first-order chi connectivity index (χ1) is 8.47. The van der Waals surface area contributed by atoms with E-state index in [1.807, 2.05) is 0 Å². The maximum atomic E-state index is 13.0. The fourth-order valence-electron chi connectivity index (χ4n) is 2.73. The van der Waals surface area contributed by atoms with Gasteiger partial charge >= 0.3 is 6.18 Å². The smallest absolute Gasteiger partial charge is 0.372 e. The number of ether oxygens (including phenoxy) is 1. The van der Waals surface area contributed by atoms with E-state index in [4.69, 9.17) is 16.3 Å². The first-order valence-corrected chi connectivity index (χ1v) is 6.06. The Bertz CT molecular complexity index is 493. The van der Waals surface area contributed by atoms with Crippen LogP contribution in [-0.4, -0.2) is 19.2 Å². The minimum Gasteiger partial charge on any atom is -0.372 e. The van der Waals surface area contributed by atoms with Crippen molar-refractivity contribution in [3.8, 4) is 0 Å². The van der Waals surface area contributed by atoms with E-state index in [2.05, 4.69) is 5.32 Å². The molecular formula is C12H12Cl2F3NO. The van der Waals surface area contributed by atoms with Crippen molar-refractivity contribution in [2.45, 2.75) is 24.8 Å². The molecule has 0 aliphatic carbocycles. The van der Waals surface area contributed by atoms with E-state index < -0.39 is 11.7 Å². The lowest BCUT2D eigenvalue weighted by molar-refractivity contribution is -0.139. The molecule has 0 amide bonds. The second-order valence-corrected chi connectivity index (χ2v) is 5.07. The molecule has 2 aliphatic rings. The highest BCUT2D eigenvalue weighted by atomic mass is 35.5. The molecular weight excluding hydrogens is 302 g/mol. The minimum atomic E-state index is -4.39. The predicted octanol–water partition coefficient (Wildman–Crippen LogP) is 3.37. The number of fused-ring (bicyclic) bond motifs is 3. The Kier molecular flexibility index (Phi) is 4.02. The molecule has 1 aromatic carbocycles. The molecule has 0 spiro atoms. The van der Waals surface area contributed by atoms with Crippen LogP contribution in [0, 0.1) is 0 Å². The quantitative estimate of drug-likeness (QED) is 0.793. The summed E-state index contributed by atoms with van der Waals surface area (Å²) in [6, 6.07) is 2.62. The fraction of sp³-hybridized carbons (Fsp3) is 0.500. The number of hydrogen-bond acceptors (Lipinski definition) is 2. The van der Waals surface area contributed by atoms with Crippen LogP contribution in [0.25, 0.3) is 0 Å². The number of rotatable bonds is 0. The third-order valence-electron chi connectivity index (χ3n) is 3.55. The van der Waals surface area contributed by atoms with Crippen LogP contribution in [0.2, 0.25) is 5.02 Å². The van der Waals surface area contributed by atoms with Gasteiger partial charge in [-0.3, -0.25) is 0 Å². The van der Waals surface area contributed by atoms with Crippen LogP contribution in [0.1, 0.15) is 22.6 Å². The molecule has 1 saturated heterocycles. The van der Waals surface area contributed by atoms with Crippen LogP contribution in [0.15, 0.2) is 12.1 Å². The lowest BCUT2D eigenvalue weighted by Gasteiger charge is -2.30. The highest BCUT2D eigenvalue weighted by molar-refractivity contribution is 6.30. The predicted molar refractivity (Wildman–Crippen MR) is 67.9 cm³/mol. The zero-order chi connectivity index (χ0) is 12.9. The Morgan fingerprint density at radius 3 is 2.68 bits per heavy atom. The summed E-state index contributed by atoms with van der Waals surface area (Å²) in [7, 11) is 0. The lowest BCUT2D eigenvalue weighted by Crippen LogP contribution is -2.28. The molecule has 0 aromatic heterocycles. The summed E-state index contributed by atoms with van der Waals surface area (Å²) in [5.74, 6) is -0.0338. The van der Waals surface area contributed by atoms with E-state index in [1.54, 1.807) is 6.07 Å². The highest BCUT2D eigenvalue weighted by Gasteiger charge is 2.41. The molecule has 1 fully saturated rings. The van der Waals surface area contributed by atoms with Crippen LogP contribution in [0.3, 0.4) is 0 Å². The Balaban J connectivity index is 0.00000133. The fourth-order valence-corrected chi connectivity index (χ4v) is 2.96. The van der Waals surface area contributed by atoms with E-state index in [1.165, 1.54) is 0 Å². The molecule has 2 atom stereocenters.